The predicted molar refractivity (Wildman–Crippen MR) is 127 cm³/mol. The molecule has 0 saturated carbocycles. The lowest BCUT2D eigenvalue weighted by atomic mass is 10.0. The molecule has 0 spiro atoms. The normalized spacial score (nSPS) is 15.0. The van der Waals surface area contributed by atoms with Gasteiger partial charge in [-0.3, -0.25) is 4.99 Å². The van der Waals surface area contributed by atoms with Crippen molar-refractivity contribution in [3.8, 4) is 22.6 Å². The predicted octanol–water partition coefficient (Wildman–Crippen LogP) is 7.29. The molecule has 1 unspecified atom stereocenters. The summed E-state index contributed by atoms with van der Waals surface area (Å²) in [4.78, 5) is 13.5. The van der Waals surface area contributed by atoms with Crippen molar-refractivity contribution >= 4 is 11.7 Å². The number of fused-ring (bicyclic) bond motifs is 1. The Morgan fingerprint density at radius 2 is 1.49 bits per heavy atom. The van der Waals surface area contributed by atoms with Crippen LogP contribution in [0, 0.1) is 5.82 Å². The number of halogens is 4. The second kappa shape index (κ2) is 8.94. The molecule has 1 atom stereocenters. The van der Waals surface area contributed by atoms with Gasteiger partial charge in [0.2, 0.25) is 0 Å². The van der Waals surface area contributed by atoms with Gasteiger partial charge in [0.15, 0.2) is 5.82 Å². The number of aromatic nitrogens is 2. The topological polar surface area (TPSA) is 50.2 Å². The summed E-state index contributed by atoms with van der Waals surface area (Å²) in [7, 11) is 0. The Labute approximate surface area is 199 Å². The van der Waals surface area contributed by atoms with Gasteiger partial charge in [-0.15, -0.1) is 0 Å². The highest BCUT2D eigenvalue weighted by Crippen LogP contribution is 2.37. The van der Waals surface area contributed by atoms with Crippen molar-refractivity contribution in [1.29, 1.82) is 0 Å². The van der Waals surface area contributed by atoms with Crippen LogP contribution in [0.5, 0.6) is 0 Å². The van der Waals surface area contributed by atoms with Crippen LogP contribution in [-0.2, 0) is 6.18 Å². The van der Waals surface area contributed by atoms with E-state index in [1.807, 2.05) is 31.2 Å². The van der Waals surface area contributed by atoms with E-state index in [0.29, 0.717) is 5.84 Å². The Hall–Kier alpha value is -4.07. The number of nitrogens with one attached hydrogen (secondary N) is 1. The molecule has 0 saturated heterocycles. The van der Waals surface area contributed by atoms with Crippen LogP contribution in [-0.4, -0.2) is 15.8 Å². The molecule has 0 aliphatic carbocycles. The average molecular weight is 476 g/mol. The second-order valence-electron chi connectivity index (χ2n) is 8.10. The van der Waals surface area contributed by atoms with E-state index in [2.05, 4.69) is 15.3 Å². The fraction of sp³-hybridized carbons (Fsp3) is 0.148. The summed E-state index contributed by atoms with van der Waals surface area (Å²) in [5.74, 6) is 0.0677. The number of alkyl halides is 3. The highest BCUT2D eigenvalue weighted by atomic mass is 19.4. The lowest BCUT2D eigenvalue weighted by Gasteiger charge is -2.15. The molecule has 0 amide bonds. The quantitative estimate of drug-likeness (QED) is 0.315. The van der Waals surface area contributed by atoms with E-state index in [1.54, 1.807) is 6.07 Å². The summed E-state index contributed by atoms with van der Waals surface area (Å²) in [5.41, 5.74) is 1.20. The van der Waals surface area contributed by atoms with Crippen LogP contribution in [0.15, 0.2) is 83.9 Å². The van der Waals surface area contributed by atoms with Gasteiger partial charge in [-0.1, -0.05) is 61.5 Å². The molecule has 1 aliphatic heterocycles. The molecule has 0 radical (unpaired) electrons. The number of benzene rings is 3. The van der Waals surface area contributed by atoms with E-state index in [1.165, 1.54) is 42.5 Å². The van der Waals surface area contributed by atoms with Gasteiger partial charge >= 0.3 is 6.18 Å². The second-order valence-corrected chi connectivity index (χ2v) is 8.10. The smallest absolute Gasteiger partial charge is 0.325 e. The maximum absolute atomic E-state index is 14.6. The van der Waals surface area contributed by atoms with Crippen LogP contribution in [0.1, 0.15) is 36.1 Å². The fourth-order valence-corrected chi connectivity index (χ4v) is 4.19. The van der Waals surface area contributed by atoms with Crippen LogP contribution in [0.25, 0.3) is 22.6 Å². The summed E-state index contributed by atoms with van der Waals surface area (Å²) in [6.45, 7) is 2.03. The molecule has 1 N–H and O–H groups in total. The van der Waals surface area contributed by atoms with Crippen molar-refractivity contribution < 1.29 is 17.6 Å². The highest BCUT2D eigenvalue weighted by molar-refractivity contribution is 6.11. The van der Waals surface area contributed by atoms with E-state index >= 15 is 0 Å². The number of hydrogen-bond donors (Lipinski definition) is 1. The zero-order chi connectivity index (χ0) is 24.6. The van der Waals surface area contributed by atoms with Crippen LogP contribution in [0.4, 0.5) is 23.4 Å². The molecule has 0 bridgehead atoms. The van der Waals surface area contributed by atoms with Gasteiger partial charge in [0.25, 0.3) is 0 Å². The summed E-state index contributed by atoms with van der Waals surface area (Å²) >= 11 is 0. The van der Waals surface area contributed by atoms with Crippen LogP contribution in [0.2, 0.25) is 0 Å². The Kier molecular flexibility index (Phi) is 5.80. The minimum atomic E-state index is -4.61. The number of anilines is 1. The number of hydrogen-bond acceptors (Lipinski definition) is 4. The highest BCUT2D eigenvalue weighted by Gasteiger charge is 2.34. The molecule has 2 heterocycles. The largest absolute Gasteiger partial charge is 0.417 e. The Bertz CT molecular complexity index is 1430. The van der Waals surface area contributed by atoms with Crippen molar-refractivity contribution in [1.82, 2.24) is 9.97 Å². The van der Waals surface area contributed by atoms with Gasteiger partial charge in [0, 0.05) is 22.8 Å². The molecular formula is C27H20F4N4. The molecule has 1 aromatic heterocycles. The molecule has 5 rings (SSSR count). The third kappa shape index (κ3) is 4.39. The van der Waals surface area contributed by atoms with E-state index in [4.69, 9.17) is 4.99 Å². The summed E-state index contributed by atoms with van der Waals surface area (Å²) in [6.07, 6.45) is -3.82. The first kappa shape index (κ1) is 22.7. The molecule has 176 valence electrons. The van der Waals surface area contributed by atoms with Gasteiger partial charge < -0.3 is 5.32 Å². The first-order valence-electron chi connectivity index (χ1n) is 11.1. The zero-order valence-electron chi connectivity index (χ0n) is 18.6. The van der Waals surface area contributed by atoms with Crippen LogP contribution in [0.3, 0.4) is 0 Å². The first-order valence-corrected chi connectivity index (χ1v) is 11.1. The zero-order valence-corrected chi connectivity index (χ0v) is 18.6. The third-order valence-corrected chi connectivity index (χ3v) is 5.84. The van der Waals surface area contributed by atoms with Gasteiger partial charge in [0.1, 0.15) is 17.5 Å². The summed E-state index contributed by atoms with van der Waals surface area (Å²) in [6, 6.07) is 20.3. The lowest BCUT2D eigenvalue weighted by Crippen LogP contribution is -2.14. The van der Waals surface area contributed by atoms with Gasteiger partial charge in [-0.2, -0.15) is 13.2 Å². The molecule has 8 heteroatoms. The van der Waals surface area contributed by atoms with Crippen molar-refractivity contribution in [2.75, 3.05) is 5.32 Å². The first-order chi connectivity index (χ1) is 16.8. The molecule has 3 aromatic carbocycles. The van der Waals surface area contributed by atoms with Crippen molar-refractivity contribution in [2.45, 2.75) is 25.6 Å². The van der Waals surface area contributed by atoms with E-state index in [9.17, 15) is 17.6 Å². The molecule has 0 fully saturated rings. The van der Waals surface area contributed by atoms with Crippen molar-refractivity contribution in [2.24, 2.45) is 4.99 Å². The third-order valence-electron chi connectivity index (χ3n) is 5.84. The molecule has 4 nitrogen and oxygen atoms in total. The standard InChI is InChI=1S/C27H20F4N4/c1-2-22-16-9-3-4-10-17(16)25(32-22)34-24-15-23(19-12-6-8-14-21(19)28)33-26(35-24)18-11-5-7-13-20(18)27(29,30)31/h3-15,22H,2H2,1H3,(H,32,33,34,35). The SMILES string of the molecule is CCC1N=C(Nc2cc(-c3ccccc3F)nc(-c3ccccc3C(F)(F)F)n2)c2ccccc21. The Morgan fingerprint density at radius 3 is 2.20 bits per heavy atom. The number of rotatable bonds is 4. The molecule has 1 aliphatic rings. The lowest BCUT2D eigenvalue weighted by molar-refractivity contribution is -0.137. The molecule has 35 heavy (non-hydrogen) atoms. The van der Waals surface area contributed by atoms with E-state index < -0.39 is 17.6 Å². The number of amidine groups is 1. The van der Waals surface area contributed by atoms with Crippen molar-refractivity contribution in [3.05, 3.63) is 101 Å². The van der Waals surface area contributed by atoms with Crippen LogP contribution < -0.4 is 5.32 Å². The van der Waals surface area contributed by atoms with Crippen LogP contribution >= 0.6 is 0 Å². The maximum atomic E-state index is 14.6. The monoisotopic (exact) mass is 476 g/mol. The van der Waals surface area contributed by atoms with Gasteiger partial charge in [-0.05, 0) is 30.2 Å². The minimum absolute atomic E-state index is 0.0352. The van der Waals surface area contributed by atoms with Crippen molar-refractivity contribution in [3.63, 3.8) is 0 Å². The van der Waals surface area contributed by atoms with E-state index in [-0.39, 0.29) is 34.5 Å². The van der Waals surface area contributed by atoms with E-state index in [0.717, 1.165) is 23.6 Å². The minimum Gasteiger partial charge on any atom is -0.325 e. The molecular weight excluding hydrogens is 456 g/mol. The Morgan fingerprint density at radius 1 is 0.829 bits per heavy atom. The maximum Gasteiger partial charge on any atom is 0.417 e. The average Bonchev–Trinajstić information content (AvgIpc) is 3.21. The van der Waals surface area contributed by atoms with Gasteiger partial charge in [-0.25, -0.2) is 14.4 Å². The summed E-state index contributed by atoms with van der Waals surface area (Å²) < 4.78 is 55.9. The number of nitrogens with zero attached hydrogens (tertiary/aromatic N) is 3. The summed E-state index contributed by atoms with van der Waals surface area (Å²) in [5, 5.41) is 3.15. The Balaban J connectivity index is 1.66. The molecule has 4 aromatic rings. The van der Waals surface area contributed by atoms with Gasteiger partial charge in [0.05, 0.1) is 17.3 Å². The number of aliphatic imine (C=N–C) groups is 1. The fourth-order valence-electron chi connectivity index (χ4n) is 4.19.